The zero-order chi connectivity index (χ0) is 73.3. The van der Waals surface area contributed by atoms with Crippen molar-refractivity contribution in [1.29, 1.82) is 0 Å². The molecule has 0 aromatic carbocycles. The van der Waals surface area contributed by atoms with Crippen LogP contribution in [0.2, 0.25) is 0 Å². The molecule has 4 heterocycles. The van der Waals surface area contributed by atoms with E-state index in [1.54, 1.807) is 0 Å². The summed E-state index contributed by atoms with van der Waals surface area (Å²) < 4.78 is 50.4. The molecular weight excluding hydrogens is 1290 g/mol. The Morgan fingerprint density at radius 3 is 1.01 bits per heavy atom. The van der Waals surface area contributed by atoms with E-state index in [4.69, 9.17) is 66.7 Å². The third-order valence-corrected chi connectivity index (χ3v) is 32.7. The van der Waals surface area contributed by atoms with Crippen LogP contribution in [-0.4, -0.2) is 129 Å². The van der Waals surface area contributed by atoms with Gasteiger partial charge in [-0.2, -0.15) is 28.8 Å². The Hall–Kier alpha value is -3.54. The van der Waals surface area contributed by atoms with E-state index >= 15 is 0 Å². The minimum Gasteiger partial charge on any atom is -0.396 e. The Bertz CT molecular complexity index is 2990. The number of hydrogen-bond donors (Lipinski definition) is 1. The van der Waals surface area contributed by atoms with E-state index < -0.39 is 5.79 Å². The molecule has 4 aliphatic heterocycles. The second kappa shape index (κ2) is 31.3. The van der Waals surface area contributed by atoms with E-state index in [9.17, 15) is 24.3 Å². The monoisotopic (exact) mass is 1410 g/mol. The predicted octanol–water partition coefficient (Wildman–Crippen LogP) is 14.2. The molecular formula is C82H126O19. The number of carbonyl (C=O) groups is 4. The number of ketones is 4. The molecule has 568 valence electrons. The molecule has 0 aromatic heterocycles. The van der Waals surface area contributed by atoms with Crippen LogP contribution in [0.4, 0.5) is 0 Å². The number of carbonyl (C=O) groups excluding carboxylic acids is 10. The summed E-state index contributed by atoms with van der Waals surface area (Å²) in [5.41, 5.74) is 0.0782. The third kappa shape index (κ3) is 13.1. The Labute approximate surface area is 602 Å². The summed E-state index contributed by atoms with van der Waals surface area (Å²) in [6.45, 7) is 31.5. The van der Waals surface area contributed by atoms with Crippen LogP contribution >= 0.6 is 0 Å². The molecule has 19 heteroatoms. The Morgan fingerprint density at radius 2 is 0.644 bits per heavy atom. The van der Waals surface area contributed by atoms with Gasteiger partial charge in [-0.3, -0.25) is 19.2 Å². The minimum absolute atomic E-state index is 0.0242. The summed E-state index contributed by atoms with van der Waals surface area (Å²) in [7, 11) is 0. The zero-order valence-electron chi connectivity index (χ0n) is 63.5. The van der Waals surface area contributed by atoms with Gasteiger partial charge >= 0.3 is 18.5 Å². The fourth-order valence-corrected chi connectivity index (χ4v) is 27.5. The molecule has 4 saturated heterocycles. The van der Waals surface area contributed by atoms with Crippen molar-refractivity contribution in [3.05, 3.63) is 0 Å². The molecule has 101 heavy (non-hydrogen) atoms. The zero-order valence-corrected chi connectivity index (χ0v) is 63.5. The first-order valence-electron chi connectivity index (χ1n) is 40.0. The standard InChI is InChI=1S/C22H36O5.C22H36O4.C18H28O2.C17H26O2.3CO2/c1-19(7-3-11-23)17-5-8-20(2)18(6-10-22(20)26-14-15-27-22)16(17)4-9-21(19)24-12-13-25-21;1-4-8-19(2)17-6-9-20(3)18(7-11-22(20)25-14-15-26-22)16(17)5-10-21(19)23-12-13-24-21;1-4-10-17(2)14-9-11-18(3)13(6-8-16(18)20)12(14)5-7-15(17)19;1-4-16(2)13-9-10-17(3)12(6-8-15(17)19)11(13)5-7-14(16)18;3*2-1-3/h16-18,23H,3-15H2,1-2H3;16-18H,4-15H2,1-3H3;12-14H,4-11H2,1-3H3;11-13H,4-10H2,1-3H3;;;/t2*16-,17+,18+,19-,20+;12-,13-,14-,17+,18-;11-,12-,13-,16+,17-;;;/m1100.../s1. The largest absolute Gasteiger partial charge is 0.396 e. The SMILES string of the molecule is CCC[C@@]1(C)C(=O)CC[C@@H]2[C@@H]1CC[C@]1(C)C(=O)CC[C@@H]21.CCC[C@]1(C)[C@H]2CC[C@@]3(C)[C@@H](CCC34OCCO4)[C@@H]2CCC12OCCO2.CC[C@@]1(C)C(=O)CC[C@@H]2[C@@H]1CC[C@]1(C)C(=O)CC[C@@H]21.C[C@]12CC[C@H]3[C@@H](CCC4(OCCO4)[C@]3(C)CCCO)[C@@H]1CCC21OCCO1.O=C=O.O=C=O.O=C=O. The van der Waals surface area contributed by atoms with Gasteiger partial charge in [-0.1, -0.05) is 89.0 Å². The van der Waals surface area contributed by atoms with Gasteiger partial charge in [0.2, 0.25) is 0 Å². The highest BCUT2D eigenvalue weighted by molar-refractivity contribution is 5.89. The molecule has 0 unspecified atom stereocenters. The van der Waals surface area contributed by atoms with Crippen molar-refractivity contribution in [3.8, 4) is 0 Å². The molecule has 20 atom stereocenters. The van der Waals surface area contributed by atoms with Crippen molar-refractivity contribution in [2.24, 2.45) is 114 Å². The van der Waals surface area contributed by atoms with Crippen LogP contribution in [0.1, 0.15) is 275 Å². The fourth-order valence-electron chi connectivity index (χ4n) is 27.5. The molecule has 0 aromatic rings. The van der Waals surface area contributed by atoms with Gasteiger partial charge in [0.15, 0.2) is 23.1 Å². The second-order valence-corrected chi connectivity index (χ2v) is 35.7. The molecule has 1 N–H and O–H groups in total. The number of aliphatic hydroxyl groups excluding tert-OH is 1. The van der Waals surface area contributed by atoms with Crippen LogP contribution in [0.3, 0.4) is 0 Å². The normalized spacial score (nSPS) is 44.4. The lowest BCUT2D eigenvalue weighted by Crippen LogP contribution is -2.62. The van der Waals surface area contributed by atoms with Gasteiger partial charge in [-0.15, -0.1) is 0 Å². The lowest BCUT2D eigenvalue weighted by Gasteiger charge is -2.61. The smallest absolute Gasteiger partial charge is 0.373 e. The lowest BCUT2D eigenvalue weighted by molar-refractivity contribution is -0.302. The van der Waals surface area contributed by atoms with Gasteiger partial charge in [0, 0.05) is 101 Å². The first-order chi connectivity index (χ1) is 48.1. The van der Waals surface area contributed by atoms with Gasteiger partial charge in [0.1, 0.15) is 23.1 Å². The third-order valence-electron chi connectivity index (χ3n) is 32.7. The van der Waals surface area contributed by atoms with Crippen molar-refractivity contribution >= 4 is 41.6 Å². The summed E-state index contributed by atoms with van der Waals surface area (Å²) in [6.07, 6.45) is 33.4. The summed E-state index contributed by atoms with van der Waals surface area (Å²) in [5, 5.41) is 9.55. The van der Waals surface area contributed by atoms with Gasteiger partial charge in [0.05, 0.1) is 52.9 Å². The van der Waals surface area contributed by atoms with E-state index in [-0.39, 0.29) is 85.7 Å². The Morgan fingerprint density at radius 1 is 0.337 bits per heavy atom. The van der Waals surface area contributed by atoms with Crippen molar-refractivity contribution in [2.75, 3.05) is 59.5 Å². The van der Waals surface area contributed by atoms with Crippen molar-refractivity contribution in [2.45, 2.75) is 298 Å². The molecule has 16 aliphatic rings. The lowest BCUT2D eigenvalue weighted by atomic mass is 9.47. The average molecular weight is 1420 g/mol. The highest BCUT2D eigenvalue weighted by Crippen LogP contribution is 2.73. The Balaban J connectivity index is 0.000000141. The average Bonchev–Trinajstić information content (AvgIpc) is 1.46. The summed E-state index contributed by atoms with van der Waals surface area (Å²) in [5.74, 6) is 8.08. The molecule has 0 amide bonds. The van der Waals surface area contributed by atoms with Gasteiger partial charge < -0.3 is 43.0 Å². The highest BCUT2D eigenvalue weighted by Gasteiger charge is 2.73. The molecule has 0 radical (unpaired) electrons. The highest BCUT2D eigenvalue weighted by atomic mass is 16.8. The molecule has 12 aliphatic carbocycles. The van der Waals surface area contributed by atoms with Crippen LogP contribution in [0.5, 0.6) is 0 Å². The second-order valence-electron chi connectivity index (χ2n) is 35.7. The topological polar surface area (TPSA) is 265 Å². The van der Waals surface area contributed by atoms with Crippen molar-refractivity contribution in [3.63, 3.8) is 0 Å². The van der Waals surface area contributed by atoms with Crippen molar-refractivity contribution < 1.29 is 90.9 Å². The van der Waals surface area contributed by atoms with Gasteiger partial charge in [0.25, 0.3) is 0 Å². The summed E-state index contributed by atoms with van der Waals surface area (Å²) >= 11 is 0. The fraction of sp³-hybridized carbons (Fsp3) is 0.915. The number of ether oxygens (including phenoxy) is 8. The maximum absolute atomic E-state index is 12.5. The van der Waals surface area contributed by atoms with E-state index in [0.717, 1.165) is 187 Å². The number of hydrogen-bond acceptors (Lipinski definition) is 19. The van der Waals surface area contributed by atoms with Gasteiger partial charge in [-0.05, 0) is 206 Å². The van der Waals surface area contributed by atoms with E-state index in [2.05, 4.69) is 76.2 Å². The number of Topliss-reactive ketones (excluding diaryl/α,β-unsaturated/α-hetero) is 4. The molecule has 4 spiro atoms. The van der Waals surface area contributed by atoms with Gasteiger partial charge in [-0.25, -0.2) is 0 Å². The molecule has 19 nitrogen and oxygen atoms in total. The molecule has 12 saturated carbocycles. The van der Waals surface area contributed by atoms with Crippen LogP contribution in [0.25, 0.3) is 0 Å². The van der Waals surface area contributed by atoms with Crippen LogP contribution < -0.4 is 0 Å². The molecule has 0 bridgehead atoms. The molecule has 16 rings (SSSR count). The number of fused-ring (bicyclic) bond motifs is 14. The number of rotatable bonds is 8. The summed E-state index contributed by atoms with van der Waals surface area (Å²) in [4.78, 5) is 98.2. The Kier molecular flexibility index (Phi) is 24.8. The minimum atomic E-state index is -0.437. The quantitative estimate of drug-likeness (QED) is 0.237. The van der Waals surface area contributed by atoms with Crippen LogP contribution in [0.15, 0.2) is 0 Å². The maximum atomic E-state index is 12.5. The van der Waals surface area contributed by atoms with E-state index in [0.29, 0.717) is 101 Å². The first kappa shape index (κ1) is 80.0. The maximum Gasteiger partial charge on any atom is 0.373 e. The van der Waals surface area contributed by atoms with Crippen LogP contribution in [-0.2, 0) is 85.8 Å². The summed E-state index contributed by atoms with van der Waals surface area (Å²) in [6, 6.07) is 0. The first-order valence-corrected chi connectivity index (χ1v) is 40.0. The van der Waals surface area contributed by atoms with E-state index in [1.807, 2.05) is 0 Å². The predicted molar refractivity (Wildman–Crippen MR) is 368 cm³/mol. The van der Waals surface area contributed by atoms with Crippen LogP contribution in [0, 0.1) is 114 Å². The number of aliphatic hydroxyl groups is 1. The van der Waals surface area contributed by atoms with Crippen molar-refractivity contribution in [1.82, 2.24) is 0 Å². The van der Waals surface area contributed by atoms with E-state index in [1.165, 1.54) is 57.8 Å². The molecule has 16 fully saturated rings.